The zero-order valence-electron chi connectivity index (χ0n) is 15.6. The van der Waals surface area contributed by atoms with Crippen LogP contribution < -0.4 is 4.90 Å². The van der Waals surface area contributed by atoms with Gasteiger partial charge in [0, 0.05) is 44.3 Å². The third-order valence-corrected chi connectivity index (χ3v) is 4.74. The summed E-state index contributed by atoms with van der Waals surface area (Å²) in [5, 5.41) is 7.12. The number of aromatic nitrogens is 4. The van der Waals surface area contributed by atoms with E-state index in [0.29, 0.717) is 6.04 Å². The normalized spacial score (nSPS) is 22.0. The Bertz CT molecular complexity index is 816. The van der Waals surface area contributed by atoms with Crippen LogP contribution in [0.1, 0.15) is 11.4 Å². The maximum atomic E-state index is 10.6. The van der Waals surface area contributed by atoms with Gasteiger partial charge in [-0.1, -0.05) is 0 Å². The Morgan fingerprint density at radius 1 is 1.31 bits per heavy atom. The Morgan fingerprint density at radius 3 is 2.59 bits per heavy atom. The molecule has 2 aliphatic rings. The number of carboxylic acid groups (broad SMARTS) is 1. The Balaban J connectivity index is 0.000000298. The van der Waals surface area contributed by atoms with Gasteiger partial charge in [-0.05, 0) is 13.0 Å². The summed E-state index contributed by atoms with van der Waals surface area (Å²) in [6.07, 6.45) is 0.491. The topological polar surface area (TPSA) is 107 Å². The van der Waals surface area contributed by atoms with E-state index in [-0.39, 0.29) is 6.10 Å². The van der Waals surface area contributed by atoms with E-state index in [1.807, 2.05) is 6.07 Å². The largest absolute Gasteiger partial charge is 0.490 e. The number of nitrogens with zero attached hydrogens (tertiary/aromatic N) is 5. The van der Waals surface area contributed by atoms with Gasteiger partial charge in [0.05, 0.1) is 30.8 Å². The van der Waals surface area contributed by atoms with Gasteiger partial charge in [0.2, 0.25) is 5.95 Å². The number of carbonyl (C=O) groups is 1. The number of aliphatic carboxylic acids is 1. The van der Waals surface area contributed by atoms with E-state index in [4.69, 9.17) is 14.6 Å². The summed E-state index contributed by atoms with van der Waals surface area (Å²) >= 11 is 0. The van der Waals surface area contributed by atoms with Crippen molar-refractivity contribution in [1.29, 1.82) is 0 Å². The highest BCUT2D eigenvalue weighted by molar-refractivity contribution is 5.73. The molecule has 158 valence electrons. The van der Waals surface area contributed by atoms with E-state index in [2.05, 4.69) is 36.7 Å². The fourth-order valence-corrected chi connectivity index (χ4v) is 3.34. The van der Waals surface area contributed by atoms with E-state index in [9.17, 15) is 13.2 Å². The number of likely N-dealkylation sites (tertiary alicyclic amines) is 1. The second kappa shape index (κ2) is 8.74. The molecule has 4 heterocycles. The second-order valence-electron chi connectivity index (χ2n) is 6.69. The molecule has 2 atom stereocenters. The molecule has 0 saturated carbocycles. The summed E-state index contributed by atoms with van der Waals surface area (Å²) in [5.74, 6) is -1.95. The van der Waals surface area contributed by atoms with E-state index in [1.54, 1.807) is 18.7 Å². The van der Waals surface area contributed by atoms with Gasteiger partial charge in [0.15, 0.2) is 0 Å². The standard InChI is InChI=1S/C15H20N6O.C2HF3O2/c1-11-12(19-10-18-11)7-20-8-13-14(9-20)22-6-5-21(13)15-16-3-2-4-17-15;3-2(4,5)1(6)7/h2-4,10,13-14H,5-9H2,1H3,(H,18,19);(H,6,7)/t13-,14+;/m1./s1. The summed E-state index contributed by atoms with van der Waals surface area (Å²) in [7, 11) is 0. The van der Waals surface area contributed by atoms with Crippen LogP contribution >= 0.6 is 0 Å². The number of imidazole rings is 1. The van der Waals surface area contributed by atoms with E-state index in [0.717, 1.165) is 50.1 Å². The molecule has 29 heavy (non-hydrogen) atoms. The first-order chi connectivity index (χ1) is 13.8. The highest BCUT2D eigenvalue weighted by atomic mass is 19.4. The average Bonchev–Trinajstić information content (AvgIpc) is 3.28. The molecule has 0 unspecified atom stereocenters. The molecule has 0 amide bonds. The minimum atomic E-state index is -5.08. The number of anilines is 1. The molecule has 0 bridgehead atoms. The molecule has 0 radical (unpaired) electrons. The predicted molar refractivity (Wildman–Crippen MR) is 95.2 cm³/mol. The van der Waals surface area contributed by atoms with Crippen molar-refractivity contribution in [2.24, 2.45) is 0 Å². The molecule has 2 N–H and O–H groups in total. The predicted octanol–water partition coefficient (Wildman–Crippen LogP) is 1.23. The summed E-state index contributed by atoms with van der Waals surface area (Å²) < 4.78 is 37.7. The van der Waals surface area contributed by atoms with Crippen LogP contribution in [-0.2, 0) is 16.1 Å². The SMILES string of the molecule is Cc1[nH]cnc1CN1C[C@@H]2OCCN(c3ncccn3)[C@@H]2C1.O=C(O)C(F)(F)F. The van der Waals surface area contributed by atoms with Gasteiger partial charge in [0.25, 0.3) is 0 Å². The molecule has 0 spiro atoms. The number of aryl methyl sites for hydroxylation is 1. The number of alkyl halides is 3. The lowest BCUT2D eigenvalue weighted by atomic mass is 10.1. The molecule has 0 aromatic carbocycles. The molecular weight excluding hydrogens is 393 g/mol. The number of nitrogens with one attached hydrogen (secondary N) is 1. The Morgan fingerprint density at radius 2 is 2.00 bits per heavy atom. The molecule has 2 fully saturated rings. The number of fused-ring (bicyclic) bond motifs is 1. The molecule has 2 saturated heterocycles. The number of H-pyrrole nitrogens is 1. The minimum Gasteiger partial charge on any atom is -0.475 e. The maximum absolute atomic E-state index is 10.6. The number of rotatable bonds is 3. The molecule has 4 rings (SSSR count). The van der Waals surface area contributed by atoms with Gasteiger partial charge >= 0.3 is 12.1 Å². The van der Waals surface area contributed by atoms with Crippen LogP contribution in [0, 0.1) is 6.92 Å². The highest BCUT2D eigenvalue weighted by Crippen LogP contribution is 2.26. The van der Waals surface area contributed by atoms with Gasteiger partial charge in [-0.2, -0.15) is 13.2 Å². The van der Waals surface area contributed by atoms with Crippen molar-refractivity contribution < 1.29 is 27.8 Å². The van der Waals surface area contributed by atoms with Gasteiger partial charge < -0.3 is 19.7 Å². The van der Waals surface area contributed by atoms with Crippen LogP contribution in [0.3, 0.4) is 0 Å². The van der Waals surface area contributed by atoms with Crippen molar-refractivity contribution in [1.82, 2.24) is 24.8 Å². The fourth-order valence-electron chi connectivity index (χ4n) is 3.34. The second-order valence-corrected chi connectivity index (χ2v) is 6.69. The lowest BCUT2D eigenvalue weighted by Crippen LogP contribution is -2.51. The third-order valence-electron chi connectivity index (χ3n) is 4.74. The van der Waals surface area contributed by atoms with Gasteiger partial charge in [-0.25, -0.2) is 19.7 Å². The number of morpholine rings is 1. The van der Waals surface area contributed by atoms with Crippen molar-refractivity contribution in [2.75, 3.05) is 31.1 Å². The van der Waals surface area contributed by atoms with Crippen molar-refractivity contribution in [3.8, 4) is 0 Å². The smallest absolute Gasteiger partial charge is 0.475 e. The van der Waals surface area contributed by atoms with Crippen LogP contribution in [0.25, 0.3) is 0 Å². The Hall–Kier alpha value is -2.73. The minimum absolute atomic E-state index is 0.219. The molecule has 2 aliphatic heterocycles. The van der Waals surface area contributed by atoms with Crippen molar-refractivity contribution >= 4 is 11.9 Å². The summed E-state index contributed by atoms with van der Waals surface area (Å²) in [6, 6.07) is 2.17. The van der Waals surface area contributed by atoms with Crippen molar-refractivity contribution in [3.05, 3.63) is 36.2 Å². The fraction of sp³-hybridized carbons (Fsp3) is 0.529. The number of carboxylic acids is 1. The maximum Gasteiger partial charge on any atom is 0.490 e. The first kappa shape index (κ1) is 21.0. The van der Waals surface area contributed by atoms with Crippen LogP contribution in [0.5, 0.6) is 0 Å². The van der Waals surface area contributed by atoms with Crippen molar-refractivity contribution in [3.63, 3.8) is 0 Å². The summed E-state index contributed by atoms with van der Waals surface area (Å²) in [4.78, 5) is 29.9. The Kier molecular flexibility index (Phi) is 6.33. The van der Waals surface area contributed by atoms with Crippen LogP contribution in [0.2, 0.25) is 0 Å². The summed E-state index contributed by atoms with van der Waals surface area (Å²) in [5.41, 5.74) is 2.25. The first-order valence-corrected chi connectivity index (χ1v) is 8.92. The average molecular weight is 414 g/mol. The van der Waals surface area contributed by atoms with Gasteiger partial charge in [-0.15, -0.1) is 0 Å². The molecule has 2 aromatic rings. The van der Waals surface area contributed by atoms with E-state index in [1.165, 1.54) is 0 Å². The van der Waals surface area contributed by atoms with Crippen LogP contribution in [0.4, 0.5) is 19.1 Å². The number of hydrogen-bond acceptors (Lipinski definition) is 7. The quantitative estimate of drug-likeness (QED) is 0.772. The Labute approximate surface area is 164 Å². The third kappa shape index (κ3) is 5.21. The van der Waals surface area contributed by atoms with Crippen LogP contribution in [0.15, 0.2) is 24.8 Å². The van der Waals surface area contributed by atoms with E-state index < -0.39 is 12.1 Å². The first-order valence-electron chi connectivity index (χ1n) is 8.92. The number of halogens is 3. The highest BCUT2D eigenvalue weighted by Gasteiger charge is 2.41. The lowest BCUT2D eigenvalue weighted by molar-refractivity contribution is -0.192. The monoisotopic (exact) mass is 414 g/mol. The molecule has 9 nitrogen and oxygen atoms in total. The molecule has 2 aromatic heterocycles. The number of hydrogen-bond donors (Lipinski definition) is 2. The summed E-state index contributed by atoms with van der Waals surface area (Å²) in [6.45, 7) is 6.38. The zero-order chi connectivity index (χ0) is 21.0. The lowest BCUT2D eigenvalue weighted by Gasteiger charge is -2.36. The molecule has 12 heteroatoms. The van der Waals surface area contributed by atoms with E-state index >= 15 is 0 Å². The zero-order valence-corrected chi connectivity index (χ0v) is 15.6. The van der Waals surface area contributed by atoms with Crippen LogP contribution in [-0.4, -0.2) is 80.5 Å². The van der Waals surface area contributed by atoms with Gasteiger partial charge in [0.1, 0.15) is 0 Å². The molecular formula is C17H21F3N6O3. The number of aromatic amines is 1. The number of ether oxygens (including phenoxy) is 1. The van der Waals surface area contributed by atoms with Gasteiger partial charge in [-0.3, -0.25) is 4.90 Å². The molecule has 0 aliphatic carbocycles. The van der Waals surface area contributed by atoms with Crippen molar-refractivity contribution in [2.45, 2.75) is 31.8 Å².